The van der Waals surface area contributed by atoms with E-state index in [4.69, 9.17) is 10.1 Å². The van der Waals surface area contributed by atoms with Crippen molar-refractivity contribution < 1.29 is 0 Å². The molecule has 0 saturated carbocycles. The molecule has 0 unspecified atom stereocenters. The molecule has 4 heterocycles. The molecule has 27 heavy (non-hydrogen) atoms. The Morgan fingerprint density at radius 3 is 2.26 bits per heavy atom. The fraction of sp³-hybridized carbons (Fsp3) is 0.250. The van der Waals surface area contributed by atoms with E-state index in [2.05, 4.69) is 15.0 Å². The highest BCUT2D eigenvalue weighted by Gasteiger charge is 2.24. The Morgan fingerprint density at radius 1 is 1.00 bits per heavy atom. The molecule has 7 nitrogen and oxygen atoms in total. The molecule has 0 aromatic carbocycles. The summed E-state index contributed by atoms with van der Waals surface area (Å²) in [4.78, 5) is 28.7. The van der Waals surface area contributed by atoms with Gasteiger partial charge in [-0.3, -0.25) is 14.8 Å². The van der Waals surface area contributed by atoms with Crippen LogP contribution in [0.3, 0.4) is 0 Å². The monoisotopic (exact) mass is 360 g/mol. The van der Waals surface area contributed by atoms with Crippen molar-refractivity contribution in [2.75, 3.05) is 0 Å². The number of nitrogens with zero attached hydrogens (tertiary/aromatic N) is 5. The molecular formula is C20H20N6O. The van der Waals surface area contributed by atoms with Crippen LogP contribution in [0.5, 0.6) is 0 Å². The zero-order chi connectivity index (χ0) is 19.0. The standard InChI is InChI=1S/C20H20N6O/c1-20(2,3)26-18-16(15(25-26)12-13-4-8-21-9-5-13)19(27)24-17(23-18)14-6-10-22-11-7-14/h4-11H,12H2,1-3H3,(H,23,24,27). The van der Waals surface area contributed by atoms with Crippen LogP contribution < -0.4 is 5.56 Å². The molecular weight excluding hydrogens is 340 g/mol. The minimum Gasteiger partial charge on any atom is -0.306 e. The Hall–Kier alpha value is -3.35. The summed E-state index contributed by atoms with van der Waals surface area (Å²) in [5.41, 5.74) is 2.64. The second kappa shape index (κ2) is 6.42. The van der Waals surface area contributed by atoms with E-state index in [1.54, 1.807) is 24.8 Å². The lowest BCUT2D eigenvalue weighted by Gasteiger charge is -2.19. The first-order chi connectivity index (χ1) is 12.9. The smallest absolute Gasteiger partial charge is 0.262 e. The van der Waals surface area contributed by atoms with Crippen LogP contribution in [0.4, 0.5) is 0 Å². The molecule has 0 atom stereocenters. The third-order valence-electron chi connectivity index (χ3n) is 4.32. The highest BCUT2D eigenvalue weighted by molar-refractivity contribution is 5.80. The van der Waals surface area contributed by atoms with Gasteiger partial charge in [-0.05, 0) is 50.6 Å². The Balaban J connectivity index is 1.95. The van der Waals surface area contributed by atoms with Crippen LogP contribution in [0.2, 0.25) is 0 Å². The maximum Gasteiger partial charge on any atom is 0.262 e. The number of pyridine rings is 2. The summed E-state index contributed by atoms with van der Waals surface area (Å²) in [6, 6.07) is 7.49. The van der Waals surface area contributed by atoms with Crippen LogP contribution in [0.1, 0.15) is 32.0 Å². The Morgan fingerprint density at radius 2 is 1.63 bits per heavy atom. The van der Waals surface area contributed by atoms with Crippen molar-refractivity contribution in [2.45, 2.75) is 32.7 Å². The van der Waals surface area contributed by atoms with Crippen LogP contribution in [-0.2, 0) is 12.0 Å². The third-order valence-corrected chi connectivity index (χ3v) is 4.32. The Kier molecular flexibility index (Phi) is 4.07. The first-order valence-corrected chi connectivity index (χ1v) is 8.75. The molecule has 0 amide bonds. The molecule has 4 rings (SSSR count). The van der Waals surface area contributed by atoms with Crippen molar-refractivity contribution in [3.05, 3.63) is 70.7 Å². The van der Waals surface area contributed by atoms with Gasteiger partial charge in [0.05, 0.1) is 11.2 Å². The molecule has 0 radical (unpaired) electrons. The van der Waals surface area contributed by atoms with Crippen molar-refractivity contribution in [2.24, 2.45) is 0 Å². The number of rotatable bonds is 3. The lowest BCUT2D eigenvalue weighted by molar-refractivity contribution is 0.363. The van der Waals surface area contributed by atoms with Gasteiger partial charge in [0.25, 0.3) is 5.56 Å². The zero-order valence-electron chi connectivity index (χ0n) is 15.5. The van der Waals surface area contributed by atoms with Gasteiger partial charge < -0.3 is 4.98 Å². The van der Waals surface area contributed by atoms with E-state index in [9.17, 15) is 4.79 Å². The molecule has 0 bridgehead atoms. The molecule has 0 aliphatic heterocycles. The van der Waals surface area contributed by atoms with Crippen LogP contribution in [-0.4, -0.2) is 29.7 Å². The second-order valence-electron chi connectivity index (χ2n) is 7.41. The van der Waals surface area contributed by atoms with Gasteiger partial charge in [0.2, 0.25) is 0 Å². The van der Waals surface area contributed by atoms with Gasteiger partial charge in [-0.2, -0.15) is 5.10 Å². The quantitative estimate of drug-likeness (QED) is 0.607. The van der Waals surface area contributed by atoms with E-state index in [0.717, 1.165) is 11.1 Å². The summed E-state index contributed by atoms with van der Waals surface area (Å²) in [6.07, 6.45) is 7.37. The molecule has 1 N–H and O–H groups in total. The maximum absolute atomic E-state index is 12.9. The average molecular weight is 360 g/mol. The van der Waals surface area contributed by atoms with E-state index < -0.39 is 0 Å². The van der Waals surface area contributed by atoms with Crippen molar-refractivity contribution in [3.8, 4) is 11.4 Å². The Bertz CT molecular complexity index is 1140. The summed E-state index contributed by atoms with van der Waals surface area (Å²) in [7, 11) is 0. The van der Waals surface area contributed by atoms with Crippen LogP contribution in [0.25, 0.3) is 22.4 Å². The predicted molar refractivity (Wildman–Crippen MR) is 103 cm³/mol. The lowest BCUT2D eigenvalue weighted by Crippen LogP contribution is -2.24. The van der Waals surface area contributed by atoms with E-state index >= 15 is 0 Å². The van der Waals surface area contributed by atoms with E-state index in [1.807, 2.05) is 49.7 Å². The molecule has 0 fully saturated rings. The second-order valence-corrected chi connectivity index (χ2v) is 7.41. The SMILES string of the molecule is CC(C)(C)n1nc(Cc2ccncc2)c2c(=O)[nH]c(-c3ccncc3)nc21. The highest BCUT2D eigenvalue weighted by atomic mass is 16.1. The minimum atomic E-state index is -0.314. The highest BCUT2D eigenvalue weighted by Crippen LogP contribution is 2.24. The van der Waals surface area contributed by atoms with Gasteiger partial charge in [0.15, 0.2) is 5.65 Å². The first kappa shape index (κ1) is 17.1. The minimum absolute atomic E-state index is 0.189. The summed E-state index contributed by atoms with van der Waals surface area (Å²) in [5, 5.41) is 5.28. The van der Waals surface area contributed by atoms with Gasteiger partial charge in [-0.1, -0.05) is 0 Å². The molecule has 7 heteroatoms. The molecule has 0 aliphatic carbocycles. The van der Waals surface area contributed by atoms with Crippen molar-refractivity contribution >= 4 is 11.0 Å². The van der Waals surface area contributed by atoms with Crippen molar-refractivity contribution in [3.63, 3.8) is 0 Å². The van der Waals surface area contributed by atoms with E-state index in [1.165, 1.54) is 0 Å². The van der Waals surface area contributed by atoms with Gasteiger partial charge in [-0.15, -0.1) is 0 Å². The van der Waals surface area contributed by atoms with Gasteiger partial charge in [-0.25, -0.2) is 9.67 Å². The number of hydrogen-bond acceptors (Lipinski definition) is 5. The van der Waals surface area contributed by atoms with Gasteiger partial charge >= 0.3 is 0 Å². The number of nitrogens with one attached hydrogen (secondary N) is 1. The predicted octanol–water partition coefficient (Wildman–Crippen LogP) is 2.92. The number of H-pyrrole nitrogens is 1. The summed E-state index contributed by atoms with van der Waals surface area (Å²) in [5.74, 6) is 0.510. The van der Waals surface area contributed by atoms with Crippen molar-refractivity contribution in [1.82, 2.24) is 29.7 Å². The number of aromatic nitrogens is 6. The Labute approximate surface area is 156 Å². The number of fused-ring (bicyclic) bond motifs is 1. The largest absolute Gasteiger partial charge is 0.306 e. The molecule has 0 saturated heterocycles. The summed E-state index contributed by atoms with van der Waals surface area (Å²) < 4.78 is 1.83. The fourth-order valence-corrected chi connectivity index (χ4v) is 3.02. The number of aromatic amines is 1. The van der Waals surface area contributed by atoms with Gasteiger partial charge in [0.1, 0.15) is 11.2 Å². The lowest BCUT2D eigenvalue weighted by atomic mass is 10.1. The molecule has 0 aliphatic rings. The van der Waals surface area contributed by atoms with Crippen LogP contribution in [0, 0.1) is 0 Å². The van der Waals surface area contributed by atoms with Crippen LogP contribution in [0.15, 0.2) is 53.8 Å². The molecule has 136 valence electrons. The molecule has 0 spiro atoms. The molecule has 4 aromatic heterocycles. The molecule has 4 aromatic rings. The third kappa shape index (κ3) is 3.23. The van der Waals surface area contributed by atoms with Crippen molar-refractivity contribution in [1.29, 1.82) is 0 Å². The topological polar surface area (TPSA) is 89.4 Å². The van der Waals surface area contributed by atoms with Gasteiger partial charge in [0, 0.05) is 36.8 Å². The summed E-state index contributed by atoms with van der Waals surface area (Å²) in [6.45, 7) is 6.14. The average Bonchev–Trinajstić information content (AvgIpc) is 3.02. The maximum atomic E-state index is 12.9. The number of hydrogen-bond donors (Lipinski definition) is 1. The fourth-order valence-electron chi connectivity index (χ4n) is 3.02. The summed E-state index contributed by atoms with van der Waals surface area (Å²) >= 11 is 0. The van der Waals surface area contributed by atoms with E-state index in [-0.39, 0.29) is 11.1 Å². The van der Waals surface area contributed by atoms with E-state index in [0.29, 0.717) is 29.0 Å². The first-order valence-electron chi connectivity index (χ1n) is 8.75. The zero-order valence-corrected chi connectivity index (χ0v) is 15.5. The normalized spacial score (nSPS) is 11.8. The van der Waals surface area contributed by atoms with Crippen LogP contribution >= 0.6 is 0 Å².